The van der Waals surface area contributed by atoms with Crippen molar-refractivity contribution in [2.24, 2.45) is 0 Å². The van der Waals surface area contributed by atoms with E-state index in [0.29, 0.717) is 28.5 Å². The van der Waals surface area contributed by atoms with E-state index in [-0.39, 0.29) is 17.6 Å². The Hall–Kier alpha value is -4.53. The maximum Gasteiger partial charge on any atom is 0.336 e. The number of aromatic nitrogens is 2. The van der Waals surface area contributed by atoms with Gasteiger partial charge in [-0.3, -0.25) is 14.2 Å². The van der Waals surface area contributed by atoms with E-state index >= 15 is 0 Å². The summed E-state index contributed by atoms with van der Waals surface area (Å²) in [5, 5.41) is 3.05. The van der Waals surface area contributed by atoms with Crippen LogP contribution in [0.5, 0.6) is 17.2 Å². The van der Waals surface area contributed by atoms with Crippen molar-refractivity contribution in [1.29, 1.82) is 0 Å². The number of anilines is 1. The zero-order valence-corrected chi connectivity index (χ0v) is 18.9. The summed E-state index contributed by atoms with van der Waals surface area (Å²) < 4.78 is 18.1. The molecule has 1 aromatic heterocycles. The van der Waals surface area contributed by atoms with Crippen molar-refractivity contribution in [3.63, 3.8) is 0 Å². The molecule has 0 atom stereocenters. The number of ether oxygens (including phenoxy) is 3. The van der Waals surface area contributed by atoms with E-state index in [4.69, 9.17) is 14.2 Å². The number of carbonyl (C=O) groups is 1. The smallest absolute Gasteiger partial charge is 0.336 e. The van der Waals surface area contributed by atoms with E-state index in [9.17, 15) is 14.4 Å². The highest BCUT2D eigenvalue weighted by molar-refractivity contribution is 5.93. The zero-order chi connectivity index (χ0) is 24.2. The normalized spacial score (nSPS) is 10.7. The van der Waals surface area contributed by atoms with Crippen LogP contribution in [0.3, 0.4) is 0 Å². The predicted octanol–water partition coefficient (Wildman–Crippen LogP) is 2.82. The molecule has 0 unspecified atom stereocenters. The van der Waals surface area contributed by atoms with Gasteiger partial charge in [-0.25, -0.2) is 9.36 Å². The maximum absolute atomic E-state index is 13.6. The molecule has 1 heterocycles. The van der Waals surface area contributed by atoms with Crippen molar-refractivity contribution in [3.05, 3.63) is 87.6 Å². The number of hydrogen-bond donors (Lipinski definition) is 1. The highest BCUT2D eigenvalue weighted by atomic mass is 16.5. The van der Waals surface area contributed by atoms with Crippen LogP contribution in [-0.2, 0) is 11.3 Å². The fraction of sp³-hybridized carbons (Fsp3) is 0.160. The number of nitrogens with zero attached hydrogens (tertiary/aromatic N) is 2. The number of benzene rings is 3. The number of amides is 1. The molecule has 34 heavy (non-hydrogen) atoms. The standard InChI is InChI=1S/C25H23N3O6/c1-32-17-12-16(13-18(14-17)33-2)28-24(30)19-8-4-6-10-21(19)27(25(28)31)15-23(29)26-20-9-5-7-11-22(20)34-3/h4-14H,15H2,1-3H3,(H,26,29). The van der Waals surface area contributed by atoms with Crippen LogP contribution < -0.4 is 30.8 Å². The molecule has 174 valence electrons. The van der Waals surface area contributed by atoms with Gasteiger partial charge in [0.15, 0.2) is 0 Å². The largest absolute Gasteiger partial charge is 0.497 e. The van der Waals surface area contributed by atoms with Crippen molar-refractivity contribution < 1.29 is 19.0 Å². The van der Waals surface area contributed by atoms with Gasteiger partial charge in [0.05, 0.1) is 43.6 Å². The molecule has 0 fully saturated rings. The van der Waals surface area contributed by atoms with Crippen molar-refractivity contribution >= 4 is 22.5 Å². The average molecular weight is 461 g/mol. The summed E-state index contributed by atoms with van der Waals surface area (Å²) in [5.74, 6) is 0.857. The number of nitrogens with one attached hydrogen (secondary N) is 1. The number of rotatable bonds is 7. The molecule has 1 amide bonds. The van der Waals surface area contributed by atoms with Crippen molar-refractivity contribution in [1.82, 2.24) is 9.13 Å². The van der Waals surface area contributed by atoms with Gasteiger partial charge in [-0.05, 0) is 24.3 Å². The van der Waals surface area contributed by atoms with Crippen LogP contribution in [0.4, 0.5) is 5.69 Å². The van der Waals surface area contributed by atoms with Gasteiger partial charge in [0.25, 0.3) is 5.56 Å². The van der Waals surface area contributed by atoms with E-state index in [0.717, 1.165) is 4.57 Å². The molecule has 4 aromatic rings. The van der Waals surface area contributed by atoms with E-state index < -0.39 is 17.2 Å². The fourth-order valence-electron chi connectivity index (χ4n) is 3.70. The van der Waals surface area contributed by atoms with Crippen LogP contribution >= 0.6 is 0 Å². The maximum atomic E-state index is 13.6. The minimum Gasteiger partial charge on any atom is -0.497 e. The third kappa shape index (κ3) is 4.23. The highest BCUT2D eigenvalue weighted by Crippen LogP contribution is 2.25. The summed E-state index contributed by atoms with van der Waals surface area (Å²) in [5.41, 5.74) is -0.112. The molecule has 0 aliphatic rings. The van der Waals surface area contributed by atoms with Gasteiger partial charge in [-0.2, -0.15) is 0 Å². The molecule has 0 spiro atoms. The van der Waals surface area contributed by atoms with Gasteiger partial charge in [-0.15, -0.1) is 0 Å². The minimum atomic E-state index is -0.672. The van der Waals surface area contributed by atoms with Gasteiger partial charge >= 0.3 is 5.69 Å². The fourth-order valence-corrected chi connectivity index (χ4v) is 3.70. The third-order valence-electron chi connectivity index (χ3n) is 5.33. The zero-order valence-electron chi connectivity index (χ0n) is 18.9. The first kappa shape index (κ1) is 22.7. The molecule has 1 N–H and O–H groups in total. The summed E-state index contributed by atoms with van der Waals surface area (Å²) in [7, 11) is 4.45. The van der Waals surface area contributed by atoms with E-state index in [1.165, 1.54) is 25.9 Å². The van der Waals surface area contributed by atoms with Crippen LogP contribution in [0.2, 0.25) is 0 Å². The molecule has 9 heteroatoms. The predicted molar refractivity (Wildman–Crippen MR) is 129 cm³/mol. The summed E-state index contributed by atoms with van der Waals surface area (Å²) in [6.07, 6.45) is 0. The second kappa shape index (κ2) is 9.53. The lowest BCUT2D eigenvalue weighted by Gasteiger charge is -2.16. The first-order valence-corrected chi connectivity index (χ1v) is 10.4. The lowest BCUT2D eigenvalue weighted by Crippen LogP contribution is -2.40. The van der Waals surface area contributed by atoms with E-state index in [1.807, 2.05) is 0 Å². The van der Waals surface area contributed by atoms with Gasteiger partial charge in [-0.1, -0.05) is 24.3 Å². The molecule has 0 saturated carbocycles. The number of fused-ring (bicyclic) bond motifs is 1. The monoisotopic (exact) mass is 461 g/mol. The van der Waals surface area contributed by atoms with E-state index in [1.54, 1.807) is 66.7 Å². The molecular formula is C25H23N3O6. The lowest BCUT2D eigenvalue weighted by atomic mass is 10.2. The number of hydrogen-bond acceptors (Lipinski definition) is 6. The van der Waals surface area contributed by atoms with Crippen LogP contribution in [0.15, 0.2) is 76.3 Å². The Kier molecular flexibility index (Phi) is 6.35. The first-order valence-electron chi connectivity index (χ1n) is 10.4. The highest BCUT2D eigenvalue weighted by Gasteiger charge is 2.18. The molecule has 4 rings (SSSR count). The Labute approximate surface area is 194 Å². The van der Waals surface area contributed by atoms with Gasteiger partial charge in [0.2, 0.25) is 5.91 Å². The molecule has 0 saturated heterocycles. The Morgan fingerprint density at radius 1 is 0.853 bits per heavy atom. The molecule has 0 bridgehead atoms. The number of carbonyl (C=O) groups excluding carboxylic acids is 1. The second-order valence-corrected chi connectivity index (χ2v) is 7.35. The molecule has 3 aromatic carbocycles. The van der Waals surface area contributed by atoms with Crippen LogP contribution in [0.25, 0.3) is 16.6 Å². The Morgan fingerprint density at radius 3 is 2.18 bits per heavy atom. The molecule has 9 nitrogen and oxygen atoms in total. The SMILES string of the molecule is COc1cc(OC)cc(-n2c(=O)c3ccccc3n(CC(=O)Nc3ccccc3OC)c2=O)c1. The second-order valence-electron chi connectivity index (χ2n) is 7.35. The Balaban J connectivity index is 1.86. The Morgan fingerprint density at radius 2 is 1.50 bits per heavy atom. The molecule has 0 radical (unpaired) electrons. The van der Waals surface area contributed by atoms with E-state index in [2.05, 4.69) is 5.32 Å². The molecular weight excluding hydrogens is 438 g/mol. The van der Waals surface area contributed by atoms with Crippen molar-refractivity contribution in [2.75, 3.05) is 26.6 Å². The van der Waals surface area contributed by atoms with Crippen LogP contribution in [-0.4, -0.2) is 36.4 Å². The quantitative estimate of drug-likeness (QED) is 0.454. The first-order chi connectivity index (χ1) is 16.5. The summed E-state index contributed by atoms with van der Waals surface area (Å²) in [6.45, 7) is -0.321. The van der Waals surface area contributed by atoms with Gasteiger partial charge in [0.1, 0.15) is 23.8 Å². The number of methoxy groups -OCH3 is 3. The van der Waals surface area contributed by atoms with Gasteiger partial charge in [0, 0.05) is 18.2 Å². The van der Waals surface area contributed by atoms with Crippen LogP contribution in [0, 0.1) is 0 Å². The summed E-state index contributed by atoms with van der Waals surface area (Å²) >= 11 is 0. The number of para-hydroxylation sites is 3. The molecule has 0 aliphatic heterocycles. The Bertz CT molecular complexity index is 1470. The van der Waals surface area contributed by atoms with Crippen LogP contribution in [0.1, 0.15) is 0 Å². The third-order valence-corrected chi connectivity index (χ3v) is 5.33. The van der Waals surface area contributed by atoms with Gasteiger partial charge < -0.3 is 19.5 Å². The topological polar surface area (TPSA) is 101 Å². The minimum absolute atomic E-state index is 0.260. The van der Waals surface area contributed by atoms with Crippen molar-refractivity contribution in [2.45, 2.75) is 6.54 Å². The summed E-state index contributed by atoms with van der Waals surface area (Å²) in [4.78, 5) is 39.8. The summed E-state index contributed by atoms with van der Waals surface area (Å²) in [6, 6.07) is 18.3. The average Bonchev–Trinajstić information content (AvgIpc) is 2.86. The lowest BCUT2D eigenvalue weighted by molar-refractivity contribution is -0.116. The van der Waals surface area contributed by atoms with Crippen molar-refractivity contribution in [3.8, 4) is 22.9 Å². The molecule has 0 aliphatic carbocycles.